The molecule has 1 aromatic rings. The van der Waals surface area contributed by atoms with Gasteiger partial charge in [0, 0.05) is 17.1 Å². The van der Waals surface area contributed by atoms with Crippen LogP contribution in [0.3, 0.4) is 0 Å². The maximum absolute atomic E-state index is 5.67. The minimum atomic E-state index is 0.845. The van der Waals surface area contributed by atoms with Crippen LogP contribution in [0.5, 0.6) is 0 Å². The molecule has 0 saturated carbocycles. The van der Waals surface area contributed by atoms with Crippen LogP contribution in [0.2, 0.25) is 0 Å². The van der Waals surface area contributed by atoms with Gasteiger partial charge < -0.3 is 14.4 Å². The van der Waals surface area contributed by atoms with E-state index >= 15 is 0 Å². The van der Waals surface area contributed by atoms with Gasteiger partial charge >= 0.3 is 0 Å². The first-order valence-corrected chi connectivity index (χ1v) is 4.52. The van der Waals surface area contributed by atoms with Crippen LogP contribution >= 0.6 is 0 Å². The van der Waals surface area contributed by atoms with Gasteiger partial charge in [0.15, 0.2) is 0 Å². The molecule has 0 bridgehead atoms. The zero-order valence-corrected chi connectivity index (χ0v) is 9.31. The van der Waals surface area contributed by atoms with E-state index in [-0.39, 0.29) is 0 Å². The molecule has 0 spiro atoms. The van der Waals surface area contributed by atoms with Crippen LogP contribution in [-0.2, 0) is 0 Å². The third-order valence-electron chi connectivity index (χ3n) is 2.11. The number of anilines is 3. The quantitative estimate of drug-likeness (QED) is 0.639. The van der Waals surface area contributed by atoms with E-state index in [0.717, 1.165) is 17.1 Å². The second-order valence-electron chi connectivity index (χ2n) is 3.54. The number of rotatable bonds is 3. The summed E-state index contributed by atoms with van der Waals surface area (Å²) in [4.78, 5) is 4.54. The van der Waals surface area contributed by atoms with Crippen molar-refractivity contribution in [3.8, 4) is 0 Å². The van der Waals surface area contributed by atoms with E-state index in [2.05, 4.69) is 0 Å². The molecule has 0 saturated heterocycles. The molecule has 1 rings (SSSR count). The van der Waals surface area contributed by atoms with Gasteiger partial charge in [-0.2, -0.15) is 0 Å². The minimum absolute atomic E-state index is 0.845. The van der Waals surface area contributed by atoms with Crippen LogP contribution in [-0.4, -0.2) is 45.1 Å². The van der Waals surface area contributed by atoms with E-state index in [1.807, 2.05) is 18.2 Å². The highest BCUT2D eigenvalue weighted by Gasteiger charge is 2.04. The summed E-state index contributed by atoms with van der Waals surface area (Å²) in [5.41, 5.74) is 2.53. The zero-order valence-electron chi connectivity index (χ0n) is 9.31. The highest BCUT2D eigenvalue weighted by atomic mass is 15.0. The summed E-state index contributed by atoms with van der Waals surface area (Å²) in [5, 5.41) is 0. The van der Waals surface area contributed by atoms with Gasteiger partial charge in [-0.05, 0) is 39.3 Å². The van der Waals surface area contributed by atoms with E-state index in [0.29, 0.717) is 0 Å². The zero-order chi connectivity index (χ0) is 11.6. The summed E-state index contributed by atoms with van der Waals surface area (Å²) in [6.07, 6.45) is 0. The second-order valence-corrected chi connectivity index (χ2v) is 3.54. The topological polar surface area (TPSA) is 9.72 Å². The predicted octanol–water partition coefficient (Wildman–Crippen LogP) is 0.246. The maximum Gasteiger partial charge on any atom is 0.226 e. The number of nitrogens with zero attached hydrogens (tertiary/aromatic N) is 3. The third-order valence-corrected chi connectivity index (χ3v) is 2.11. The lowest BCUT2D eigenvalue weighted by molar-refractivity contribution is 1.27. The Labute approximate surface area is 95.3 Å². The molecule has 0 unspecified atom stereocenters. The Morgan fingerprint density at radius 2 is 0.867 bits per heavy atom. The molecule has 0 aliphatic carbocycles. The first kappa shape index (κ1) is 11.9. The molecule has 0 amide bonds. The van der Waals surface area contributed by atoms with E-state index in [4.69, 9.17) is 23.9 Å². The van der Waals surface area contributed by atoms with Crippen molar-refractivity contribution >= 4 is 41.0 Å². The fourth-order valence-electron chi connectivity index (χ4n) is 1.19. The summed E-state index contributed by atoms with van der Waals surface area (Å²) in [5.74, 6) is 0. The normalized spacial score (nSPS) is 9.80. The molecule has 0 aliphatic rings. The lowest BCUT2D eigenvalue weighted by Crippen LogP contribution is -2.18. The summed E-state index contributed by atoms with van der Waals surface area (Å²) >= 11 is 0. The molecule has 0 fully saturated rings. The molecule has 3 nitrogen and oxygen atoms in total. The molecular weight excluding hydrogens is 183 g/mol. The molecule has 6 radical (unpaired) electrons. The molecular formula is C9H12B3N3. The monoisotopic (exact) mass is 195 g/mol. The summed E-state index contributed by atoms with van der Waals surface area (Å²) in [7, 11) is 22.3. The van der Waals surface area contributed by atoms with Gasteiger partial charge in [0.1, 0.15) is 0 Å². The van der Waals surface area contributed by atoms with Crippen LogP contribution in [0.15, 0.2) is 18.2 Å². The van der Waals surface area contributed by atoms with Crippen molar-refractivity contribution in [2.45, 2.75) is 0 Å². The summed E-state index contributed by atoms with van der Waals surface area (Å²) in [6.45, 7) is 0. The van der Waals surface area contributed by atoms with Crippen molar-refractivity contribution in [1.29, 1.82) is 0 Å². The smallest absolute Gasteiger partial charge is 0.226 e. The minimum Gasteiger partial charge on any atom is -0.427 e. The SMILES string of the molecule is [B]N(C)c1cc(N([B])C)cc(N([B])C)c1. The van der Waals surface area contributed by atoms with Gasteiger partial charge in [0.2, 0.25) is 23.9 Å². The molecule has 0 N–H and O–H groups in total. The van der Waals surface area contributed by atoms with Gasteiger partial charge in [0.05, 0.1) is 0 Å². The number of benzene rings is 1. The average molecular weight is 195 g/mol. The number of hydrogen-bond donors (Lipinski definition) is 0. The first-order chi connectivity index (χ1) is 6.91. The first-order valence-electron chi connectivity index (χ1n) is 4.52. The van der Waals surface area contributed by atoms with Crippen molar-refractivity contribution in [3.63, 3.8) is 0 Å². The Balaban J connectivity index is 3.20. The van der Waals surface area contributed by atoms with Crippen molar-refractivity contribution in [2.75, 3.05) is 35.6 Å². The average Bonchev–Trinajstić information content (AvgIpc) is 2.16. The van der Waals surface area contributed by atoms with E-state index in [1.165, 1.54) is 14.4 Å². The van der Waals surface area contributed by atoms with Gasteiger partial charge in [-0.1, -0.05) is 0 Å². The van der Waals surface area contributed by atoms with Crippen LogP contribution < -0.4 is 14.4 Å². The lowest BCUT2D eigenvalue weighted by Gasteiger charge is -2.23. The summed E-state index contributed by atoms with van der Waals surface area (Å²) < 4.78 is 0. The molecule has 1 aromatic carbocycles. The van der Waals surface area contributed by atoms with Crippen LogP contribution in [0.1, 0.15) is 0 Å². The molecule has 72 valence electrons. The largest absolute Gasteiger partial charge is 0.427 e. The number of hydrogen-bond acceptors (Lipinski definition) is 3. The Kier molecular flexibility index (Phi) is 3.61. The lowest BCUT2D eigenvalue weighted by atomic mass is 10.1. The van der Waals surface area contributed by atoms with Crippen molar-refractivity contribution in [2.24, 2.45) is 0 Å². The molecule has 6 heteroatoms. The van der Waals surface area contributed by atoms with Gasteiger partial charge in [-0.25, -0.2) is 0 Å². The van der Waals surface area contributed by atoms with Crippen LogP contribution in [0.4, 0.5) is 17.1 Å². The Hall–Kier alpha value is -1.19. The van der Waals surface area contributed by atoms with Gasteiger partial charge in [-0.15, -0.1) is 0 Å². The molecule has 15 heavy (non-hydrogen) atoms. The van der Waals surface area contributed by atoms with E-state index < -0.39 is 0 Å². The second kappa shape index (κ2) is 4.56. The van der Waals surface area contributed by atoms with Gasteiger partial charge in [-0.3, -0.25) is 0 Å². The van der Waals surface area contributed by atoms with Gasteiger partial charge in [0.25, 0.3) is 0 Å². The highest BCUT2D eigenvalue weighted by Crippen LogP contribution is 2.26. The molecule has 0 atom stereocenters. The van der Waals surface area contributed by atoms with E-state index in [9.17, 15) is 0 Å². The molecule has 0 aromatic heterocycles. The van der Waals surface area contributed by atoms with Crippen LogP contribution in [0, 0.1) is 0 Å². The van der Waals surface area contributed by atoms with Crippen molar-refractivity contribution in [3.05, 3.63) is 18.2 Å². The molecule has 0 aliphatic heterocycles. The Morgan fingerprint density at radius 1 is 0.667 bits per heavy atom. The van der Waals surface area contributed by atoms with E-state index in [1.54, 1.807) is 21.1 Å². The van der Waals surface area contributed by atoms with Crippen LogP contribution in [0.25, 0.3) is 0 Å². The fraction of sp³-hybridized carbons (Fsp3) is 0.333. The highest BCUT2D eigenvalue weighted by molar-refractivity contribution is 6.21. The fourth-order valence-corrected chi connectivity index (χ4v) is 1.19. The third kappa shape index (κ3) is 2.88. The maximum atomic E-state index is 5.67. The summed E-state index contributed by atoms with van der Waals surface area (Å²) in [6, 6.07) is 5.65. The molecule has 0 heterocycles. The predicted molar refractivity (Wildman–Crippen MR) is 68.9 cm³/mol. The van der Waals surface area contributed by atoms with Crippen molar-refractivity contribution < 1.29 is 0 Å². The standard InChI is InChI=1S/C9H12B3N3/c1-13(10)7-4-8(14(2)11)6-9(5-7)15(3)12/h4-6H,1-3H3. The van der Waals surface area contributed by atoms with Crippen molar-refractivity contribution in [1.82, 2.24) is 0 Å². The Morgan fingerprint density at radius 3 is 1.00 bits per heavy atom. The Bertz CT molecular complexity index is 275.